The van der Waals surface area contributed by atoms with Gasteiger partial charge in [-0.25, -0.2) is 0 Å². The topological polar surface area (TPSA) is 15.3 Å². The predicted molar refractivity (Wildman–Crippen MR) is 74.5 cm³/mol. The van der Waals surface area contributed by atoms with Crippen LogP contribution in [0.15, 0.2) is 24.3 Å². The molecule has 1 aromatic carbocycles. The maximum absolute atomic E-state index is 3.60. The molecule has 17 heavy (non-hydrogen) atoms. The Morgan fingerprint density at radius 2 is 2.00 bits per heavy atom. The van der Waals surface area contributed by atoms with E-state index in [1.54, 1.807) is 0 Å². The van der Waals surface area contributed by atoms with Crippen LogP contribution in [0.25, 0.3) is 0 Å². The van der Waals surface area contributed by atoms with E-state index in [0.717, 1.165) is 19.1 Å². The Hall–Kier alpha value is -1.02. The van der Waals surface area contributed by atoms with Crippen LogP contribution < -0.4 is 10.2 Å². The molecule has 0 aliphatic heterocycles. The summed E-state index contributed by atoms with van der Waals surface area (Å²) in [5.41, 5.74) is 2.81. The second-order valence-corrected chi connectivity index (χ2v) is 5.16. The Bertz CT molecular complexity index is 356. The SMILES string of the molecule is CCN(c1ccccc1CNC1CC1)C(C)C. The van der Waals surface area contributed by atoms with Crippen LogP contribution in [0.3, 0.4) is 0 Å². The van der Waals surface area contributed by atoms with E-state index in [-0.39, 0.29) is 0 Å². The van der Waals surface area contributed by atoms with Gasteiger partial charge in [-0.15, -0.1) is 0 Å². The first-order valence-electron chi connectivity index (χ1n) is 6.80. The molecule has 2 heteroatoms. The first-order chi connectivity index (χ1) is 8.22. The van der Waals surface area contributed by atoms with Crippen molar-refractivity contribution < 1.29 is 0 Å². The van der Waals surface area contributed by atoms with Crippen LogP contribution in [0.1, 0.15) is 39.2 Å². The number of hydrogen-bond donors (Lipinski definition) is 1. The molecular formula is C15H24N2. The van der Waals surface area contributed by atoms with Crippen molar-refractivity contribution >= 4 is 5.69 Å². The molecule has 1 aliphatic carbocycles. The standard InChI is InChI=1S/C15H24N2/c1-4-17(12(2)3)15-8-6-5-7-13(15)11-16-14-9-10-14/h5-8,12,14,16H,4,9-11H2,1-3H3. The molecule has 0 unspecified atom stereocenters. The smallest absolute Gasteiger partial charge is 0.0414 e. The largest absolute Gasteiger partial charge is 0.369 e. The lowest BCUT2D eigenvalue weighted by Gasteiger charge is -2.29. The fraction of sp³-hybridized carbons (Fsp3) is 0.600. The predicted octanol–water partition coefficient (Wildman–Crippen LogP) is 3.17. The van der Waals surface area contributed by atoms with Gasteiger partial charge in [-0.2, -0.15) is 0 Å². The summed E-state index contributed by atoms with van der Waals surface area (Å²) in [5.74, 6) is 0. The second kappa shape index (κ2) is 5.54. The molecule has 0 heterocycles. The third-order valence-electron chi connectivity index (χ3n) is 3.42. The molecule has 1 saturated carbocycles. The highest BCUT2D eigenvalue weighted by molar-refractivity contribution is 5.54. The highest BCUT2D eigenvalue weighted by atomic mass is 15.1. The Morgan fingerprint density at radius 1 is 1.29 bits per heavy atom. The van der Waals surface area contributed by atoms with Gasteiger partial charge in [-0.1, -0.05) is 18.2 Å². The number of nitrogens with zero attached hydrogens (tertiary/aromatic N) is 1. The van der Waals surface area contributed by atoms with Crippen molar-refractivity contribution in [1.82, 2.24) is 5.32 Å². The van der Waals surface area contributed by atoms with Crippen molar-refractivity contribution in [3.05, 3.63) is 29.8 Å². The molecule has 2 nitrogen and oxygen atoms in total. The lowest BCUT2D eigenvalue weighted by atomic mass is 10.1. The third-order valence-corrected chi connectivity index (χ3v) is 3.42. The van der Waals surface area contributed by atoms with Gasteiger partial charge in [0.15, 0.2) is 0 Å². The van der Waals surface area contributed by atoms with Crippen LogP contribution in [0.5, 0.6) is 0 Å². The quantitative estimate of drug-likeness (QED) is 0.810. The number of hydrogen-bond acceptors (Lipinski definition) is 2. The molecule has 0 amide bonds. The minimum Gasteiger partial charge on any atom is -0.369 e. The van der Waals surface area contributed by atoms with E-state index in [4.69, 9.17) is 0 Å². The maximum Gasteiger partial charge on any atom is 0.0414 e. The van der Waals surface area contributed by atoms with Crippen molar-refractivity contribution in [3.63, 3.8) is 0 Å². The highest BCUT2D eigenvalue weighted by Gasteiger charge is 2.21. The van der Waals surface area contributed by atoms with E-state index in [1.165, 1.54) is 24.1 Å². The van der Waals surface area contributed by atoms with Crippen molar-refractivity contribution in [2.24, 2.45) is 0 Å². The summed E-state index contributed by atoms with van der Waals surface area (Å²) in [5, 5.41) is 3.60. The monoisotopic (exact) mass is 232 g/mol. The number of anilines is 1. The molecule has 0 saturated heterocycles. The summed E-state index contributed by atoms with van der Waals surface area (Å²) >= 11 is 0. The van der Waals surface area contributed by atoms with Crippen molar-refractivity contribution in [2.45, 2.75) is 52.2 Å². The summed E-state index contributed by atoms with van der Waals surface area (Å²) in [6.45, 7) is 8.82. The normalized spacial score (nSPS) is 15.3. The molecule has 0 spiro atoms. The zero-order valence-corrected chi connectivity index (χ0v) is 11.2. The number of benzene rings is 1. The van der Waals surface area contributed by atoms with E-state index in [9.17, 15) is 0 Å². The third kappa shape index (κ3) is 3.22. The molecule has 0 atom stereocenters. The lowest BCUT2D eigenvalue weighted by Crippen LogP contribution is -2.31. The summed E-state index contributed by atoms with van der Waals surface area (Å²) in [6, 6.07) is 10.1. The van der Waals surface area contributed by atoms with E-state index >= 15 is 0 Å². The molecular weight excluding hydrogens is 208 g/mol. The van der Waals surface area contributed by atoms with Crippen molar-refractivity contribution in [1.29, 1.82) is 0 Å². The average molecular weight is 232 g/mol. The van der Waals surface area contributed by atoms with Crippen LogP contribution in [0, 0.1) is 0 Å². The Morgan fingerprint density at radius 3 is 2.59 bits per heavy atom. The first-order valence-corrected chi connectivity index (χ1v) is 6.80. The molecule has 0 aromatic heterocycles. The molecule has 0 bridgehead atoms. The lowest BCUT2D eigenvalue weighted by molar-refractivity contribution is 0.668. The molecule has 94 valence electrons. The summed E-state index contributed by atoms with van der Waals surface area (Å²) in [7, 11) is 0. The number of rotatable bonds is 6. The second-order valence-electron chi connectivity index (χ2n) is 5.16. The molecule has 1 aromatic rings. The van der Waals surface area contributed by atoms with Crippen LogP contribution in [-0.2, 0) is 6.54 Å². The Labute approximate surface area is 105 Å². The van der Waals surface area contributed by atoms with Gasteiger partial charge < -0.3 is 10.2 Å². The maximum atomic E-state index is 3.60. The molecule has 2 rings (SSSR count). The van der Waals surface area contributed by atoms with E-state index in [2.05, 4.69) is 55.3 Å². The van der Waals surface area contributed by atoms with Gasteiger partial charge in [-0.3, -0.25) is 0 Å². The van der Waals surface area contributed by atoms with E-state index in [1.807, 2.05) is 0 Å². The summed E-state index contributed by atoms with van der Waals surface area (Å²) in [4.78, 5) is 2.46. The summed E-state index contributed by atoms with van der Waals surface area (Å²) < 4.78 is 0. The van der Waals surface area contributed by atoms with E-state index in [0.29, 0.717) is 6.04 Å². The molecule has 1 aliphatic rings. The minimum absolute atomic E-state index is 0.557. The van der Waals surface area contributed by atoms with E-state index < -0.39 is 0 Å². The van der Waals surface area contributed by atoms with Gasteiger partial charge >= 0.3 is 0 Å². The van der Waals surface area contributed by atoms with Gasteiger partial charge in [0.1, 0.15) is 0 Å². The van der Waals surface area contributed by atoms with Gasteiger partial charge in [0.05, 0.1) is 0 Å². The van der Waals surface area contributed by atoms with Crippen LogP contribution in [-0.4, -0.2) is 18.6 Å². The van der Waals surface area contributed by atoms with Crippen molar-refractivity contribution in [3.8, 4) is 0 Å². The van der Waals surface area contributed by atoms with Gasteiger partial charge in [0.25, 0.3) is 0 Å². The zero-order chi connectivity index (χ0) is 12.3. The number of nitrogens with one attached hydrogen (secondary N) is 1. The zero-order valence-electron chi connectivity index (χ0n) is 11.2. The van der Waals surface area contributed by atoms with Crippen LogP contribution in [0.4, 0.5) is 5.69 Å². The van der Waals surface area contributed by atoms with Gasteiger partial charge in [0, 0.05) is 30.9 Å². The molecule has 0 radical (unpaired) electrons. The number of para-hydroxylation sites is 1. The molecule has 1 fully saturated rings. The Balaban J connectivity index is 2.12. The first kappa shape index (κ1) is 12.4. The van der Waals surface area contributed by atoms with Crippen LogP contribution >= 0.6 is 0 Å². The fourth-order valence-corrected chi connectivity index (χ4v) is 2.30. The van der Waals surface area contributed by atoms with Gasteiger partial charge in [-0.05, 0) is 45.2 Å². The Kier molecular flexibility index (Phi) is 4.06. The van der Waals surface area contributed by atoms with Gasteiger partial charge in [0.2, 0.25) is 0 Å². The molecule has 1 N–H and O–H groups in total. The van der Waals surface area contributed by atoms with Crippen LogP contribution in [0.2, 0.25) is 0 Å². The fourth-order valence-electron chi connectivity index (χ4n) is 2.30. The summed E-state index contributed by atoms with van der Waals surface area (Å²) in [6.07, 6.45) is 2.70. The van der Waals surface area contributed by atoms with Crippen molar-refractivity contribution in [2.75, 3.05) is 11.4 Å². The minimum atomic E-state index is 0.557. The highest BCUT2D eigenvalue weighted by Crippen LogP contribution is 2.24. The average Bonchev–Trinajstić information content (AvgIpc) is 3.12.